The maximum atomic E-state index is 11.1. The Balaban J connectivity index is 2.11. The van der Waals surface area contributed by atoms with E-state index in [1.165, 1.54) is 6.92 Å². The Bertz CT molecular complexity index is 227. The summed E-state index contributed by atoms with van der Waals surface area (Å²) in [6, 6.07) is -0.663. The Morgan fingerprint density at radius 1 is 1.64 bits per heavy atom. The number of amides is 2. The number of carbonyl (C=O) groups excluding carboxylic acids is 2. The summed E-state index contributed by atoms with van der Waals surface area (Å²) in [7, 11) is 0. The predicted octanol–water partition coefficient (Wildman–Crippen LogP) is -1.61. The number of primary amides is 1. The van der Waals surface area contributed by atoms with Gasteiger partial charge in [-0.2, -0.15) is 0 Å². The number of carbonyl (C=O) groups is 2. The Kier molecular flexibility index (Phi) is 3.84. The first-order valence-corrected chi connectivity index (χ1v) is 4.37. The summed E-state index contributed by atoms with van der Waals surface area (Å²) in [5.74, 6) is -0.909. The summed E-state index contributed by atoms with van der Waals surface area (Å²) in [4.78, 5) is 21.7. The number of nitrogens with two attached hydrogens (primary N) is 1. The normalized spacial score (nSPS) is 18.4. The van der Waals surface area contributed by atoms with Crippen molar-refractivity contribution in [3.8, 4) is 0 Å². The zero-order valence-corrected chi connectivity index (χ0v) is 7.99. The van der Waals surface area contributed by atoms with Gasteiger partial charge in [-0.1, -0.05) is 0 Å². The van der Waals surface area contributed by atoms with Crippen LogP contribution in [0.3, 0.4) is 0 Å². The summed E-state index contributed by atoms with van der Waals surface area (Å²) >= 11 is 0. The molecule has 14 heavy (non-hydrogen) atoms. The molecule has 0 aromatic rings. The van der Waals surface area contributed by atoms with Gasteiger partial charge in [-0.05, 0) is 6.92 Å². The quantitative estimate of drug-likeness (QED) is 0.561. The lowest BCUT2D eigenvalue weighted by Crippen LogP contribution is -2.45. The third-order valence-electron chi connectivity index (χ3n) is 1.86. The van der Waals surface area contributed by atoms with Gasteiger partial charge in [0, 0.05) is 0 Å². The lowest BCUT2D eigenvalue weighted by Gasteiger charge is -2.25. The van der Waals surface area contributed by atoms with Crippen LogP contribution in [-0.4, -0.2) is 43.8 Å². The molecule has 0 aromatic carbocycles. The molecule has 1 saturated heterocycles. The van der Waals surface area contributed by atoms with E-state index in [4.69, 9.17) is 15.2 Å². The molecule has 80 valence electrons. The zero-order chi connectivity index (χ0) is 10.6. The SMILES string of the molecule is C[C@H](NC(=O)COC1COC1)C(N)=O. The number of ether oxygens (including phenoxy) is 2. The topological polar surface area (TPSA) is 90.7 Å². The number of rotatable bonds is 5. The van der Waals surface area contributed by atoms with Gasteiger partial charge in [-0.25, -0.2) is 0 Å². The monoisotopic (exact) mass is 202 g/mol. The molecule has 0 aromatic heterocycles. The molecule has 0 saturated carbocycles. The third kappa shape index (κ3) is 3.31. The predicted molar refractivity (Wildman–Crippen MR) is 47.4 cm³/mol. The van der Waals surface area contributed by atoms with E-state index >= 15 is 0 Å². The van der Waals surface area contributed by atoms with E-state index in [0.29, 0.717) is 13.2 Å². The molecule has 0 spiro atoms. The van der Waals surface area contributed by atoms with Crippen LogP contribution >= 0.6 is 0 Å². The van der Waals surface area contributed by atoms with Crippen LogP contribution in [0.5, 0.6) is 0 Å². The van der Waals surface area contributed by atoms with E-state index in [2.05, 4.69) is 5.32 Å². The molecule has 6 nitrogen and oxygen atoms in total. The van der Waals surface area contributed by atoms with Gasteiger partial charge in [-0.3, -0.25) is 9.59 Å². The second-order valence-corrected chi connectivity index (χ2v) is 3.16. The average molecular weight is 202 g/mol. The van der Waals surface area contributed by atoms with E-state index in [-0.39, 0.29) is 18.6 Å². The fraction of sp³-hybridized carbons (Fsp3) is 0.750. The second kappa shape index (κ2) is 4.92. The van der Waals surface area contributed by atoms with Crippen molar-refractivity contribution in [2.24, 2.45) is 5.73 Å². The van der Waals surface area contributed by atoms with Crippen LogP contribution in [0.1, 0.15) is 6.92 Å². The van der Waals surface area contributed by atoms with Crippen LogP contribution in [0.2, 0.25) is 0 Å². The molecule has 3 N–H and O–H groups in total. The van der Waals surface area contributed by atoms with E-state index in [9.17, 15) is 9.59 Å². The Labute approximate surface area is 81.7 Å². The van der Waals surface area contributed by atoms with Crippen molar-refractivity contribution in [3.63, 3.8) is 0 Å². The second-order valence-electron chi connectivity index (χ2n) is 3.16. The molecule has 0 aliphatic carbocycles. The molecule has 0 radical (unpaired) electrons. The Morgan fingerprint density at radius 3 is 2.71 bits per heavy atom. The minimum atomic E-state index is -0.663. The van der Waals surface area contributed by atoms with E-state index < -0.39 is 11.9 Å². The summed E-state index contributed by atoms with van der Waals surface area (Å²) in [5, 5.41) is 2.40. The first-order chi connectivity index (χ1) is 6.59. The van der Waals surface area contributed by atoms with Gasteiger partial charge in [0.2, 0.25) is 11.8 Å². The van der Waals surface area contributed by atoms with Crippen LogP contribution in [0, 0.1) is 0 Å². The highest BCUT2D eigenvalue weighted by molar-refractivity contribution is 5.86. The lowest BCUT2D eigenvalue weighted by molar-refractivity contribution is -0.149. The highest BCUT2D eigenvalue weighted by Gasteiger charge is 2.20. The fourth-order valence-corrected chi connectivity index (χ4v) is 0.858. The van der Waals surface area contributed by atoms with Crippen molar-refractivity contribution in [2.75, 3.05) is 19.8 Å². The largest absolute Gasteiger partial charge is 0.376 e. The van der Waals surface area contributed by atoms with Crippen molar-refractivity contribution < 1.29 is 19.1 Å². The van der Waals surface area contributed by atoms with Gasteiger partial charge in [0.1, 0.15) is 18.8 Å². The molecule has 1 rings (SSSR count). The average Bonchev–Trinajstić information content (AvgIpc) is 2.00. The highest BCUT2D eigenvalue weighted by Crippen LogP contribution is 2.04. The molecule has 1 fully saturated rings. The molecule has 0 bridgehead atoms. The third-order valence-corrected chi connectivity index (χ3v) is 1.86. The first-order valence-electron chi connectivity index (χ1n) is 4.37. The van der Waals surface area contributed by atoms with Crippen LogP contribution in [0.4, 0.5) is 0 Å². The molecule has 2 amide bonds. The number of hydrogen-bond acceptors (Lipinski definition) is 4. The van der Waals surface area contributed by atoms with Crippen molar-refractivity contribution in [3.05, 3.63) is 0 Å². The van der Waals surface area contributed by atoms with Crippen molar-refractivity contribution in [1.29, 1.82) is 0 Å². The standard InChI is InChI=1S/C8H14N2O4/c1-5(8(9)12)10-7(11)4-14-6-2-13-3-6/h5-6H,2-4H2,1H3,(H2,9,12)(H,10,11)/t5-/m0/s1. The summed E-state index contributed by atoms with van der Waals surface area (Å²) in [5.41, 5.74) is 4.96. The maximum absolute atomic E-state index is 11.1. The zero-order valence-electron chi connectivity index (χ0n) is 7.99. The lowest BCUT2D eigenvalue weighted by atomic mass is 10.3. The molecule has 1 aliphatic rings. The number of hydrogen-bond donors (Lipinski definition) is 2. The maximum Gasteiger partial charge on any atom is 0.246 e. The molecule has 6 heteroatoms. The Hall–Kier alpha value is -1.14. The molecule has 1 atom stereocenters. The van der Waals surface area contributed by atoms with Gasteiger partial charge >= 0.3 is 0 Å². The number of nitrogens with one attached hydrogen (secondary N) is 1. The minimum Gasteiger partial charge on any atom is -0.376 e. The van der Waals surface area contributed by atoms with Gasteiger partial charge in [0.25, 0.3) is 0 Å². The van der Waals surface area contributed by atoms with Crippen molar-refractivity contribution in [1.82, 2.24) is 5.32 Å². The molecule has 0 unspecified atom stereocenters. The van der Waals surface area contributed by atoms with Crippen LogP contribution in [0.25, 0.3) is 0 Å². The van der Waals surface area contributed by atoms with Crippen LogP contribution < -0.4 is 11.1 Å². The molecule has 1 aliphatic heterocycles. The molecular weight excluding hydrogens is 188 g/mol. The summed E-state index contributed by atoms with van der Waals surface area (Å²) < 4.78 is 9.99. The van der Waals surface area contributed by atoms with Crippen molar-refractivity contribution >= 4 is 11.8 Å². The van der Waals surface area contributed by atoms with Crippen molar-refractivity contribution in [2.45, 2.75) is 19.1 Å². The van der Waals surface area contributed by atoms with E-state index in [1.54, 1.807) is 0 Å². The Morgan fingerprint density at radius 2 is 2.29 bits per heavy atom. The van der Waals surface area contributed by atoms with Gasteiger partial charge in [-0.15, -0.1) is 0 Å². The fourth-order valence-electron chi connectivity index (χ4n) is 0.858. The molecule has 1 heterocycles. The highest BCUT2D eigenvalue weighted by atomic mass is 16.6. The van der Waals surface area contributed by atoms with E-state index in [1.807, 2.05) is 0 Å². The smallest absolute Gasteiger partial charge is 0.246 e. The summed E-state index contributed by atoms with van der Waals surface area (Å²) in [6.45, 7) is 2.51. The minimum absolute atomic E-state index is 0.00429. The van der Waals surface area contributed by atoms with Crippen LogP contribution in [-0.2, 0) is 19.1 Å². The summed E-state index contributed by atoms with van der Waals surface area (Å²) in [6.07, 6.45) is 0.00429. The van der Waals surface area contributed by atoms with Crippen LogP contribution in [0.15, 0.2) is 0 Å². The van der Waals surface area contributed by atoms with E-state index in [0.717, 1.165) is 0 Å². The molecular formula is C8H14N2O4. The van der Waals surface area contributed by atoms with Gasteiger partial charge in [0.15, 0.2) is 0 Å². The first kappa shape index (κ1) is 10.9. The van der Waals surface area contributed by atoms with Gasteiger partial charge in [0.05, 0.1) is 13.2 Å². The van der Waals surface area contributed by atoms with Gasteiger partial charge < -0.3 is 20.5 Å².